The first-order chi connectivity index (χ1) is 12.5. The topological polar surface area (TPSA) is 70.1 Å². The lowest BCUT2D eigenvalue weighted by atomic mass is 10.1. The van der Waals surface area contributed by atoms with E-state index in [1.54, 1.807) is 17.8 Å². The highest BCUT2D eigenvalue weighted by Gasteiger charge is 2.24. The molecule has 5 nitrogen and oxygen atoms in total. The van der Waals surface area contributed by atoms with E-state index in [1.807, 2.05) is 25.1 Å². The number of pyridine rings is 2. The summed E-state index contributed by atoms with van der Waals surface area (Å²) in [5, 5.41) is 2.91. The van der Waals surface area contributed by atoms with Crippen molar-refractivity contribution in [3.05, 3.63) is 45.5 Å². The van der Waals surface area contributed by atoms with Gasteiger partial charge in [-0.1, -0.05) is 24.4 Å². The molecule has 2 heterocycles. The molecule has 2 N–H and O–H groups in total. The highest BCUT2D eigenvalue weighted by molar-refractivity contribution is 6.33. The van der Waals surface area contributed by atoms with E-state index in [2.05, 4.69) is 4.98 Å². The van der Waals surface area contributed by atoms with E-state index in [0.29, 0.717) is 28.5 Å². The van der Waals surface area contributed by atoms with Crippen molar-refractivity contribution in [2.75, 3.05) is 6.61 Å². The van der Waals surface area contributed by atoms with Gasteiger partial charge >= 0.3 is 0 Å². The van der Waals surface area contributed by atoms with Gasteiger partial charge in [0.1, 0.15) is 12.4 Å². The molecule has 1 saturated carbocycles. The van der Waals surface area contributed by atoms with Gasteiger partial charge in [0.25, 0.3) is 5.56 Å². The Morgan fingerprint density at radius 2 is 2.15 bits per heavy atom. The number of nitrogens with two attached hydrogens (primary N) is 1. The molecule has 1 atom stereocenters. The maximum absolute atomic E-state index is 12.8. The molecule has 0 unspecified atom stereocenters. The van der Waals surface area contributed by atoms with Crippen LogP contribution in [0.5, 0.6) is 5.75 Å². The number of aryl methyl sites for hydroxylation is 2. The summed E-state index contributed by atoms with van der Waals surface area (Å²) in [5.41, 5.74) is 7.56. The maximum Gasteiger partial charge on any atom is 0.260 e. The average Bonchev–Trinajstić information content (AvgIpc) is 3.42. The van der Waals surface area contributed by atoms with E-state index in [1.165, 1.54) is 12.8 Å². The van der Waals surface area contributed by atoms with E-state index in [0.717, 1.165) is 28.6 Å². The molecule has 6 heteroatoms. The van der Waals surface area contributed by atoms with E-state index in [-0.39, 0.29) is 11.6 Å². The molecule has 3 aromatic rings. The largest absolute Gasteiger partial charge is 0.490 e. The molecule has 0 saturated heterocycles. The van der Waals surface area contributed by atoms with Gasteiger partial charge in [-0.3, -0.25) is 9.78 Å². The molecular weight excluding hydrogens is 350 g/mol. The summed E-state index contributed by atoms with van der Waals surface area (Å²) in [5.74, 6) is 1.32. The van der Waals surface area contributed by atoms with Crippen LogP contribution in [0.4, 0.5) is 0 Å². The van der Waals surface area contributed by atoms with Gasteiger partial charge in [0.15, 0.2) is 0 Å². The monoisotopic (exact) mass is 371 g/mol. The van der Waals surface area contributed by atoms with Gasteiger partial charge in [-0.2, -0.15) is 0 Å². The molecule has 4 rings (SSSR count). The first kappa shape index (κ1) is 17.3. The van der Waals surface area contributed by atoms with Gasteiger partial charge in [0.05, 0.1) is 21.6 Å². The average molecular weight is 372 g/mol. The number of hydrogen-bond donors (Lipinski definition) is 1. The van der Waals surface area contributed by atoms with Gasteiger partial charge in [-0.25, -0.2) is 0 Å². The smallest absolute Gasteiger partial charge is 0.260 e. The van der Waals surface area contributed by atoms with E-state index < -0.39 is 0 Å². The van der Waals surface area contributed by atoms with Crippen molar-refractivity contribution in [1.82, 2.24) is 9.55 Å². The number of hydrogen-bond acceptors (Lipinski definition) is 4. The van der Waals surface area contributed by atoms with Crippen molar-refractivity contribution in [1.29, 1.82) is 0 Å². The van der Waals surface area contributed by atoms with Crippen LogP contribution in [0.15, 0.2) is 29.2 Å². The minimum Gasteiger partial charge on any atom is -0.490 e. The zero-order valence-corrected chi connectivity index (χ0v) is 15.7. The summed E-state index contributed by atoms with van der Waals surface area (Å²) in [4.78, 5) is 17.0. The van der Waals surface area contributed by atoms with Gasteiger partial charge in [0.2, 0.25) is 0 Å². The van der Waals surface area contributed by atoms with Crippen LogP contribution in [-0.4, -0.2) is 22.2 Å². The molecule has 26 heavy (non-hydrogen) atoms. The number of benzene rings is 1. The van der Waals surface area contributed by atoms with Crippen LogP contribution in [0.25, 0.3) is 21.7 Å². The van der Waals surface area contributed by atoms with E-state index in [4.69, 9.17) is 22.1 Å². The molecule has 1 fully saturated rings. The van der Waals surface area contributed by atoms with Crippen LogP contribution in [0.1, 0.15) is 25.0 Å². The fourth-order valence-corrected chi connectivity index (χ4v) is 3.75. The van der Waals surface area contributed by atoms with Crippen LogP contribution in [0, 0.1) is 12.8 Å². The van der Waals surface area contributed by atoms with Crippen LogP contribution >= 0.6 is 11.6 Å². The second-order valence-corrected chi connectivity index (χ2v) is 7.64. The van der Waals surface area contributed by atoms with Crippen molar-refractivity contribution in [2.24, 2.45) is 18.7 Å². The fourth-order valence-electron chi connectivity index (χ4n) is 3.53. The van der Waals surface area contributed by atoms with Gasteiger partial charge in [-0.05, 0) is 36.8 Å². The Labute approximate surface area is 156 Å². The maximum atomic E-state index is 12.8. The van der Waals surface area contributed by atoms with Gasteiger partial charge in [0, 0.05) is 30.7 Å². The summed E-state index contributed by atoms with van der Waals surface area (Å²) in [7, 11) is 1.76. The summed E-state index contributed by atoms with van der Waals surface area (Å²) in [6.07, 6.45) is 5.24. The second kappa shape index (κ2) is 6.56. The summed E-state index contributed by atoms with van der Waals surface area (Å²) >= 11 is 6.47. The third-order valence-electron chi connectivity index (χ3n) is 5.15. The Morgan fingerprint density at radius 3 is 2.88 bits per heavy atom. The Bertz CT molecular complexity index is 1060. The van der Waals surface area contributed by atoms with Crippen molar-refractivity contribution in [3.63, 3.8) is 0 Å². The lowest BCUT2D eigenvalue weighted by molar-refractivity contribution is 0.278. The van der Waals surface area contributed by atoms with Crippen molar-refractivity contribution in [2.45, 2.75) is 32.2 Å². The minimum atomic E-state index is -0.0724. The predicted molar refractivity (Wildman–Crippen MR) is 105 cm³/mol. The molecule has 1 aliphatic carbocycles. The van der Waals surface area contributed by atoms with Gasteiger partial charge in [-0.15, -0.1) is 0 Å². The van der Waals surface area contributed by atoms with E-state index in [9.17, 15) is 4.79 Å². The van der Waals surface area contributed by atoms with Crippen LogP contribution in [0.3, 0.4) is 0 Å². The number of fused-ring (bicyclic) bond motifs is 3. The van der Waals surface area contributed by atoms with Gasteiger partial charge < -0.3 is 15.0 Å². The molecule has 0 bridgehead atoms. The van der Waals surface area contributed by atoms with Crippen molar-refractivity contribution < 1.29 is 4.74 Å². The Kier molecular flexibility index (Phi) is 4.37. The molecule has 0 spiro atoms. The third kappa shape index (κ3) is 3.06. The molecule has 0 amide bonds. The Morgan fingerprint density at radius 1 is 1.38 bits per heavy atom. The first-order valence-electron chi connectivity index (χ1n) is 8.91. The Balaban J connectivity index is 1.77. The summed E-state index contributed by atoms with van der Waals surface area (Å²) in [6.45, 7) is 2.27. The third-order valence-corrected chi connectivity index (χ3v) is 5.44. The van der Waals surface area contributed by atoms with E-state index >= 15 is 0 Å². The highest BCUT2D eigenvalue weighted by Crippen LogP contribution is 2.35. The molecule has 136 valence electrons. The molecule has 0 aliphatic heterocycles. The number of rotatable bonds is 5. The zero-order valence-electron chi connectivity index (χ0n) is 15.0. The number of ether oxygens (including phenoxy) is 1. The Hall–Kier alpha value is -2.11. The number of nitrogens with zero attached hydrogens (tertiary/aromatic N) is 2. The number of halogens is 1. The standard InChI is InChI=1S/C20H22ClN3O2/c1-11-19-14(5-6-23-11)15-8-16(21)18(9-17(15)24(2)20(19)25)26-10-13(22)7-12-3-4-12/h5-6,8-9,12-13H,3-4,7,10,22H2,1-2H3/t13-/m0/s1. The second-order valence-electron chi connectivity index (χ2n) is 7.23. The molecular formula is C20H22ClN3O2. The minimum absolute atomic E-state index is 0.00316. The van der Waals surface area contributed by atoms with Crippen molar-refractivity contribution >= 4 is 33.3 Å². The predicted octanol–water partition coefficient (Wildman–Crippen LogP) is 3.55. The van der Waals surface area contributed by atoms with Crippen LogP contribution in [-0.2, 0) is 7.05 Å². The highest BCUT2D eigenvalue weighted by atomic mass is 35.5. The fraction of sp³-hybridized carbons (Fsp3) is 0.400. The number of aromatic nitrogens is 2. The lowest BCUT2D eigenvalue weighted by Gasteiger charge is -2.16. The zero-order chi connectivity index (χ0) is 18.4. The summed E-state index contributed by atoms with van der Waals surface area (Å²) in [6, 6.07) is 5.55. The van der Waals surface area contributed by atoms with Crippen LogP contribution in [0.2, 0.25) is 5.02 Å². The normalized spacial score (nSPS) is 15.5. The summed E-state index contributed by atoms with van der Waals surface area (Å²) < 4.78 is 7.51. The lowest BCUT2D eigenvalue weighted by Crippen LogP contribution is -2.28. The molecule has 1 aliphatic rings. The van der Waals surface area contributed by atoms with Crippen LogP contribution < -0.4 is 16.0 Å². The molecule has 2 aromatic heterocycles. The molecule has 0 radical (unpaired) electrons. The SMILES string of the molecule is Cc1nccc2c1c(=O)n(C)c1cc(OC[C@@H](N)CC3CC3)c(Cl)cc21. The molecule has 1 aromatic carbocycles. The van der Waals surface area contributed by atoms with Crippen molar-refractivity contribution in [3.8, 4) is 5.75 Å². The quantitative estimate of drug-likeness (QED) is 0.696. The first-order valence-corrected chi connectivity index (χ1v) is 9.29.